The Morgan fingerprint density at radius 1 is 0.611 bits per heavy atom. The average molecular weight is 240 g/mol. The number of nitrogens with zero attached hydrogens (tertiary/aromatic N) is 2. The molecule has 0 saturated heterocycles. The van der Waals surface area contributed by atoms with Crippen LogP contribution in [0.1, 0.15) is 11.1 Å². The summed E-state index contributed by atoms with van der Waals surface area (Å²) in [5, 5.41) is 8.28. The van der Waals surface area contributed by atoms with Gasteiger partial charge >= 0.3 is 0 Å². The molecule has 0 aliphatic rings. The Labute approximate surface area is 106 Å². The molecule has 0 aliphatic carbocycles. The third-order valence-electron chi connectivity index (χ3n) is 2.57. The Kier molecular flexibility index (Phi) is 3.91. The van der Waals surface area contributed by atoms with Crippen LogP contribution >= 0.6 is 0 Å². The van der Waals surface area contributed by atoms with Crippen molar-refractivity contribution in [2.75, 3.05) is 11.5 Å². The van der Waals surface area contributed by atoms with E-state index in [1.54, 1.807) is 0 Å². The summed E-state index contributed by atoms with van der Waals surface area (Å²) >= 11 is 0. The van der Waals surface area contributed by atoms with Gasteiger partial charge in [0.2, 0.25) is 0 Å². The van der Waals surface area contributed by atoms with Crippen molar-refractivity contribution in [3.05, 3.63) is 59.7 Å². The second kappa shape index (κ2) is 5.82. The van der Waals surface area contributed by atoms with Gasteiger partial charge in [0.15, 0.2) is 0 Å². The predicted octanol–water partition coefficient (Wildman–Crippen LogP) is 3.00. The van der Waals surface area contributed by atoms with Crippen LogP contribution in [0.3, 0.4) is 0 Å². The minimum Gasteiger partial charge on any atom is -0.399 e. The maximum Gasteiger partial charge on any atom is 0.0849 e. The van der Waals surface area contributed by atoms with E-state index < -0.39 is 0 Å². The lowest BCUT2D eigenvalue weighted by Crippen LogP contribution is -1.87. The summed E-state index contributed by atoms with van der Waals surface area (Å²) in [7, 11) is 0. The first-order chi connectivity index (χ1) is 8.74. The SMILES string of the molecule is Nc1ccc(CN=NCc2ccc(N)cc2)cc1. The highest BCUT2D eigenvalue weighted by Gasteiger charge is 1.92. The number of nitrogen functional groups attached to an aromatic ring is 2. The van der Waals surface area contributed by atoms with Crippen LogP contribution in [0, 0.1) is 0 Å². The summed E-state index contributed by atoms with van der Waals surface area (Å²) in [6.07, 6.45) is 0. The molecule has 4 nitrogen and oxygen atoms in total. The molecule has 2 rings (SSSR count). The summed E-state index contributed by atoms with van der Waals surface area (Å²) in [4.78, 5) is 0. The zero-order chi connectivity index (χ0) is 12.8. The molecule has 0 amide bonds. The van der Waals surface area contributed by atoms with Gasteiger partial charge in [-0.1, -0.05) is 24.3 Å². The van der Waals surface area contributed by atoms with Crippen LogP contribution in [-0.2, 0) is 13.1 Å². The quantitative estimate of drug-likeness (QED) is 0.636. The molecule has 0 fully saturated rings. The van der Waals surface area contributed by atoms with Crippen molar-refractivity contribution in [1.82, 2.24) is 0 Å². The molecule has 0 unspecified atom stereocenters. The average Bonchev–Trinajstić information content (AvgIpc) is 2.39. The molecule has 92 valence electrons. The molecule has 0 radical (unpaired) electrons. The molecule has 2 aromatic carbocycles. The van der Waals surface area contributed by atoms with Crippen molar-refractivity contribution < 1.29 is 0 Å². The highest BCUT2D eigenvalue weighted by molar-refractivity contribution is 5.39. The first kappa shape index (κ1) is 12.1. The lowest BCUT2D eigenvalue weighted by Gasteiger charge is -1.98. The van der Waals surface area contributed by atoms with Crippen LogP contribution in [0.2, 0.25) is 0 Å². The van der Waals surface area contributed by atoms with Gasteiger partial charge in [-0.15, -0.1) is 0 Å². The third-order valence-corrected chi connectivity index (χ3v) is 2.57. The standard InChI is InChI=1S/C14H16N4/c15-13-5-1-11(2-6-13)9-17-18-10-12-3-7-14(16)8-4-12/h1-8H,9-10,15-16H2. The molecule has 2 aromatic rings. The summed E-state index contributed by atoms with van der Waals surface area (Å²) in [6.45, 7) is 1.16. The smallest absolute Gasteiger partial charge is 0.0849 e. The number of benzene rings is 2. The molecule has 4 heteroatoms. The number of azo groups is 1. The number of rotatable bonds is 4. The first-order valence-corrected chi connectivity index (χ1v) is 5.76. The van der Waals surface area contributed by atoms with E-state index in [4.69, 9.17) is 11.5 Å². The fraction of sp³-hybridized carbons (Fsp3) is 0.143. The zero-order valence-electron chi connectivity index (χ0n) is 10.1. The van der Waals surface area contributed by atoms with E-state index >= 15 is 0 Å². The third kappa shape index (κ3) is 3.59. The van der Waals surface area contributed by atoms with Gasteiger partial charge in [-0.25, -0.2) is 0 Å². The van der Waals surface area contributed by atoms with Gasteiger partial charge < -0.3 is 11.5 Å². The van der Waals surface area contributed by atoms with Gasteiger partial charge in [-0.2, -0.15) is 10.2 Å². The molecular weight excluding hydrogens is 224 g/mol. The number of hydrogen-bond acceptors (Lipinski definition) is 4. The minimum absolute atomic E-state index is 0.579. The monoisotopic (exact) mass is 240 g/mol. The van der Waals surface area contributed by atoms with Crippen LogP contribution in [-0.4, -0.2) is 0 Å². The fourth-order valence-corrected chi connectivity index (χ4v) is 1.51. The Balaban J connectivity index is 1.85. The van der Waals surface area contributed by atoms with Crippen LogP contribution in [0.4, 0.5) is 11.4 Å². The molecule has 0 aliphatic heterocycles. The number of anilines is 2. The van der Waals surface area contributed by atoms with E-state index in [-0.39, 0.29) is 0 Å². The Hall–Kier alpha value is -2.36. The highest BCUT2D eigenvalue weighted by Crippen LogP contribution is 2.09. The van der Waals surface area contributed by atoms with Crippen molar-refractivity contribution in [3.8, 4) is 0 Å². The molecular formula is C14H16N4. The van der Waals surface area contributed by atoms with Crippen LogP contribution in [0.5, 0.6) is 0 Å². The van der Waals surface area contributed by atoms with Gasteiger partial charge in [-0.3, -0.25) is 0 Å². The maximum absolute atomic E-state index is 5.61. The van der Waals surface area contributed by atoms with Gasteiger partial charge in [0.25, 0.3) is 0 Å². The van der Waals surface area contributed by atoms with E-state index in [0.29, 0.717) is 13.1 Å². The van der Waals surface area contributed by atoms with Crippen molar-refractivity contribution in [2.24, 2.45) is 10.2 Å². The largest absolute Gasteiger partial charge is 0.399 e. The second-order valence-corrected chi connectivity index (χ2v) is 4.08. The maximum atomic E-state index is 5.61. The van der Waals surface area contributed by atoms with Crippen molar-refractivity contribution in [1.29, 1.82) is 0 Å². The number of hydrogen-bond donors (Lipinski definition) is 2. The Bertz CT molecular complexity index is 465. The topological polar surface area (TPSA) is 76.8 Å². The fourth-order valence-electron chi connectivity index (χ4n) is 1.51. The second-order valence-electron chi connectivity index (χ2n) is 4.08. The molecule has 0 saturated carbocycles. The lowest BCUT2D eigenvalue weighted by molar-refractivity contribution is 0.851. The van der Waals surface area contributed by atoms with Crippen molar-refractivity contribution in [3.63, 3.8) is 0 Å². The van der Waals surface area contributed by atoms with Crippen molar-refractivity contribution >= 4 is 11.4 Å². The van der Waals surface area contributed by atoms with Gasteiger partial charge in [0, 0.05) is 11.4 Å². The molecule has 0 heterocycles. The summed E-state index contributed by atoms with van der Waals surface area (Å²) in [5.74, 6) is 0. The molecule has 4 N–H and O–H groups in total. The normalized spacial score (nSPS) is 10.9. The molecule has 0 atom stereocenters. The van der Waals surface area contributed by atoms with E-state index in [0.717, 1.165) is 22.5 Å². The van der Waals surface area contributed by atoms with Crippen LogP contribution in [0.25, 0.3) is 0 Å². The van der Waals surface area contributed by atoms with Gasteiger partial charge in [0.1, 0.15) is 0 Å². The number of nitrogens with two attached hydrogens (primary N) is 2. The summed E-state index contributed by atoms with van der Waals surface area (Å²) in [6, 6.07) is 15.3. The van der Waals surface area contributed by atoms with Crippen LogP contribution in [0.15, 0.2) is 58.8 Å². The first-order valence-electron chi connectivity index (χ1n) is 5.76. The van der Waals surface area contributed by atoms with E-state index in [1.165, 1.54) is 0 Å². The van der Waals surface area contributed by atoms with E-state index in [1.807, 2.05) is 48.5 Å². The molecule has 0 aromatic heterocycles. The van der Waals surface area contributed by atoms with Crippen LogP contribution < -0.4 is 11.5 Å². The summed E-state index contributed by atoms with van der Waals surface area (Å²) < 4.78 is 0. The van der Waals surface area contributed by atoms with Crippen molar-refractivity contribution in [2.45, 2.75) is 13.1 Å². The molecule has 18 heavy (non-hydrogen) atoms. The summed E-state index contributed by atoms with van der Waals surface area (Å²) in [5.41, 5.74) is 14.9. The molecule has 0 spiro atoms. The molecule has 0 bridgehead atoms. The Morgan fingerprint density at radius 3 is 1.28 bits per heavy atom. The zero-order valence-corrected chi connectivity index (χ0v) is 10.1. The Morgan fingerprint density at radius 2 is 0.944 bits per heavy atom. The van der Waals surface area contributed by atoms with Gasteiger partial charge in [0.05, 0.1) is 13.1 Å². The predicted molar refractivity (Wildman–Crippen MR) is 74.0 cm³/mol. The lowest BCUT2D eigenvalue weighted by atomic mass is 10.2. The minimum atomic E-state index is 0.579. The van der Waals surface area contributed by atoms with E-state index in [9.17, 15) is 0 Å². The highest BCUT2D eigenvalue weighted by atomic mass is 15.1. The van der Waals surface area contributed by atoms with E-state index in [2.05, 4.69) is 10.2 Å². The van der Waals surface area contributed by atoms with Gasteiger partial charge in [-0.05, 0) is 35.4 Å².